The molecule has 0 bridgehead atoms. The van der Waals surface area contributed by atoms with Gasteiger partial charge in [-0.05, 0) is 62.4 Å². The van der Waals surface area contributed by atoms with Gasteiger partial charge in [-0.25, -0.2) is 0 Å². The molecule has 6 nitrogen and oxygen atoms in total. The normalized spacial score (nSPS) is 19.3. The van der Waals surface area contributed by atoms with Crippen molar-refractivity contribution in [2.75, 3.05) is 37.6 Å². The van der Waals surface area contributed by atoms with Gasteiger partial charge < -0.3 is 15.0 Å². The first-order valence-corrected chi connectivity index (χ1v) is 11.7. The second kappa shape index (κ2) is 10.6. The highest BCUT2D eigenvalue weighted by Gasteiger charge is 2.34. The Morgan fingerprint density at radius 2 is 1.78 bits per heavy atom. The van der Waals surface area contributed by atoms with Gasteiger partial charge >= 0.3 is 0 Å². The van der Waals surface area contributed by atoms with Gasteiger partial charge in [-0.1, -0.05) is 49.4 Å². The molecular formula is C26H33N3O3. The lowest BCUT2D eigenvalue weighted by atomic mass is 9.90. The maximum Gasteiger partial charge on any atom is 0.268 e. The van der Waals surface area contributed by atoms with Crippen molar-refractivity contribution in [3.63, 3.8) is 0 Å². The maximum absolute atomic E-state index is 12.8. The summed E-state index contributed by atoms with van der Waals surface area (Å²) in [6.07, 6.45) is 3.58. The second-order valence-electron chi connectivity index (χ2n) is 8.73. The summed E-state index contributed by atoms with van der Waals surface area (Å²) in [5.74, 6) is 1.11. The molecule has 0 aliphatic carbocycles. The molecule has 2 amide bonds. The van der Waals surface area contributed by atoms with E-state index in [0.717, 1.165) is 32.0 Å². The molecule has 2 heterocycles. The fourth-order valence-electron chi connectivity index (χ4n) is 4.61. The number of benzene rings is 2. The summed E-state index contributed by atoms with van der Waals surface area (Å²) >= 11 is 0. The van der Waals surface area contributed by atoms with E-state index >= 15 is 0 Å². The molecule has 1 N–H and O–H groups in total. The summed E-state index contributed by atoms with van der Waals surface area (Å²) in [7, 11) is 0. The molecule has 0 radical (unpaired) electrons. The summed E-state index contributed by atoms with van der Waals surface area (Å²) in [6.45, 7) is 5.52. The standard InChI is InChI=1S/C26H33N3O3/c1-2-23-26(31)29(22-10-6-7-11-24(22)32-23)19-25(30)27-14-17-28-15-12-21(13-16-28)18-20-8-4-3-5-9-20/h3-11,21,23H,2,12-19H2,1H3,(H,27,30)/t23-/m1/s1. The lowest BCUT2D eigenvalue weighted by molar-refractivity contribution is -0.129. The van der Waals surface area contributed by atoms with E-state index < -0.39 is 6.10 Å². The number of para-hydroxylation sites is 2. The Kier molecular flexibility index (Phi) is 7.43. The van der Waals surface area contributed by atoms with Gasteiger partial charge in [0.2, 0.25) is 5.91 Å². The topological polar surface area (TPSA) is 61.9 Å². The van der Waals surface area contributed by atoms with Gasteiger partial charge in [0, 0.05) is 13.1 Å². The number of likely N-dealkylation sites (tertiary alicyclic amines) is 1. The van der Waals surface area contributed by atoms with Crippen LogP contribution in [0.2, 0.25) is 0 Å². The number of piperidine rings is 1. The minimum Gasteiger partial charge on any atom is -0.478 e. The third kappa shape index (κ3) is 5.49. The first kappa shape index (κ1) is 22.3. The molecule has 2 aromatic carbocycles. The number of nitrogens with one attached hydrogen (secondary N) is 1. The number of amides is 2. The van der Waals surface area contributed by atoms with Crippen molar-refractivity contribution in [3.8, 4) is 5.75 Å². The highest BCUT2D eigenvalue weighted by molar-refractivity contribution is 6.03. The van der Waals surface area contributed by atoms with E-state index in [2.05, 4.69) is 40.5 Å². The third-order valence-electron chi connectivity index (χ3n) is 6.46. The van der Waals surface area contributed by atoms with Crippen LogP contribution in [0.1, 0.15) is 31.7 Å². The zero-order valence-corrected chi connectivity index (χ0v) is 18.8. The molecule has 170 valence electrons. The van der Waals surface area contributed by atoms with Crippen molar-refractivity contribution in [2.45, 2.75) is 38.7 Å². The van der Waals surface area contributed by atoms with Crippen LogP contribution in [0, 0.1) is 5.92 Å². The Morgan fingerprint density at radius 3 is 2.53 bits per heavy atom. The number of ether oxygens (including phenoxy) is 1. The molecular weight excluding hydrogens is 402 g/mol. The molecule has 32 heavy (non-hydrogen) atoms. The van der Waals surface area contributed by atoms with E-state index in [1.807, 2.05) is 31.2 Å². The monoisotopic (exact) mass is 435 g/mol. The van der Waals surface area contributed by atoms with Crippen LogP contribution < -0.4 is 15.0 Å². The highest BCUT2D eigenvalue weighted by atomic mass is 16.5. The molecule has 1 saturated heterocycles. The number of nitrogens with zero attached hydrogens (tertiary/aromatic N) is 2. The zero-order valence-electron chi connectivity index (χ0n) is 18.8. The fourth-order valence-corrected chi connectivity index (χ4v) is 4.61. The van der Waals surface area contributed by atoms with Crippen molar-refractivity contribution in [1.82, 2.24) is 10.2 Å². The summed E-state index contributed by atoms with van der Waals surface area (Å²) in [5, 5.41) is 3.00. The van der Waals surface area contributed by atoms with Crippen LogP contribution in [-0.2, 0) is 16.0 Å². The van der Waals surface area contributed by atoms with Crippen LogP contribution in [0.25, 0.3) is 0 Å². The summed E-state index contributed by atoms with van der Waals surface area (Å²) < 4.78 is 5.78. The summed E-state index contributed by atoms with van der Waals surface area (Å²) in [6, 6.07) is 18.1. The molecule has 1 fully saturated rings. The molecule has 0 aromatic heterocycles. The van der Waals surface area contributed by atoms with Crippen molar-refractivity contribution in [1.29, 1.82) is 0 Å². The average molecular weight is 436 g/mol. The van der Waals surface area contributed by atoms with Crippen LogP contribution in [0.5, 0.6) is 5.75 Å². The highest BCUT2D eigenvalue weighted by Crippen LogP contribution is 2.34. The van der Waals surface area contributed by atoms with Crippen LogP contribution in [0.15, 0.2) is 54.6 Å². The number of carbonyl (C=O) groups is 2. The van der Waals surface area contributed by atoms with E-state index in [1.165, 1.54) is 18.4 Å². The van der Waals surface area contributed by atoms with Crippen molar-refractivity contribution >= 4 is 17.5 Å². The SMILES string of the molecule is CC[C@H]1Oc2ccccc2N(CC(=O)NCCN2CCC(Cc3ccccc3)CC2)C1=O. The molecule has 2 aliphatic heterocycles. The van der Waals surface area contributed by atoms with Crippen molar-refractivity contribution < 1.29 is 14.3 Å². The number of rotatable bonds is 8. The lowest BCUT2D eigenvalue weighted by Crippen LogP contribution is -2.50. The van der Waals surface area contributed by atoms with E-state index in [-0.39, 0.29) is 18.4 Å². The lowest BCUT2D eigenvalue weighted by Gasteiger charge is -2.34. The van der Waals surface area contributed by atoms with Gasteiger partial charge in [0.05, 0.1) is 5.69 Å². The fraction of sp³-hybridized carbons (Fsp3) is 0.462. The largest absolute Gasteiger partial charge is 0.478 e. The van der Waals surface area contributed by atoms with E-state index in [1.54, 1.807) is 4.90 Å². The van der Waals surface area contributed by atoms with Crippen molar-refractivity contribution in [2.24, 2.45) is 5.92 Å². The van der Waals surface area contributed by atoms with Gasteiger partial charge in [-0.15, -0.1) is 0 Å². The molecule has 2 aromatic rings. The minimum atomic E-state index is -0.533. The molecule has 2 aliphatic rings. The molecule has 6 heteroatoms. The van der Waals surface area contributed by atoms with E-state index in [0.29, 0.717) is 24.4 Å². The van der Waals surface area contributed by atoms with Gasteiger partial charge in [0.15, 0.2) is 6.10 Å². The number of fused-ring (bicyclic) bond motifs is 1. The number of anilines is 1. The van der Waals surface area contributed by atoms with E-state index in [4.69, 9.17) is 4.74 Å². The third-order valence-corrected chi connectivity index (χ3v) is 6.46. The maximum atomic E-state index is 12.8. The quantitative estimate of drug-likeness (QED) is 0.691. The Balaban J connectivity index is 1.21. The van der Waals surface area contributed by atoms with Gasteiger partial charge in [0.25, 0.3) is 5.91 Å². The Bertz CT molecular complexity index is 910. The van der Waals surface area contributed by atoms with Gasteiger partial charge in [-0.2, -0.15) is 0 Å². The van der Waals surface area contributed by atoms with Crippen LogP contribution in [0.3, 0.4) is 0 Å². The molecule has 0 saturated carbocycles. The number of hydrogen-bond acceptors (Lipinski definition) is 4. The first-order chi connectivity index (χ1) is 15.6. The van der Waals surface area contributed by atoms with Crippen LogP contribution >= 0.6 is 0 Å². The van der Waals surface area contributed by atoms with Gasteiger partial charge in [-0.3, -0.25) is 14.5 Å². The molecule has 4 rings (SSSR count). The Labute approximate surface area is 190 Å². The average Bonchev–Trinajstić information content (AvgIpc) is 2.82. The Morgan fingerprint density at radius 1 is 1.06 bits per heavy atom. The molecule has 0 unspecified atom stereocenters. The van der Waals surface area contributed by atoms with Gasteiger partial charge in [0.1, 0.15) is 12.3 Å². The van der Waals surface area contributed by atoms with Crippen LogP contribution in [0.4, 0.5) is 5.69 Å². The second-order valence-corrected chi connectivity index (χ2v) is 8.73. The summed E-state index contributed by atoms with van der Waals surface area (Å²) in [5.41, 5.74) is 2.08. The first-order valence-electron chi connectivity index (χ1n) is 11.7. The predicted octanol–water partition coefficient (Wildman–Crippen LogP) is 3.26. The number of hydrogen-bond donors (Lipinski definition) is 1. The smallest absolute Gasteiger partial charge is 0.268 e. The zero-order chi connectivity index (χ0) is 22.3. The molecule has 0 spiro atoms. The Hall–Kier alpha value is -2.86. The molecule has 1 atom stereocenters. The van der Waals surface area contributed by atoms with Crippen LogP contribution in [-0.4, -0.2) is 55.5 Å². The van der Waals surface area contributed by atoms with E-state index in [9.17, 15) is 9.59 Å². The van der Waals surface area contributed by atoms with Crippen molar-refractivity contribution in [3.05, 3.63) is 60.2 Å². The summed E-state index contributed by atoms with van der Waals surface area (Å²) in [4.78, 5) is 29.3. The minimum absolute atomic E-state index is 0.0227. The predicted molar refractivity (Wildman–Crippen MR) is 126 cm³/mol. The number of carbonyl (C=O) groups excluding carboxylic acids is 2.